The molecule has 2 N–H and O–H groups in total. The maximum atomic E-state index is 12.3. The number of carbonyl (C=O) groups is 1. The van der Waals surface area contributed by atoms with Gasteiger partial charge in [0.1, 0.15) is 0 Å². The van der Waals surface area contributed by atoms with Crippen molar-refractivity contribution in [1.29, 1.82) is 0 Å². The minimum Gasteiger partial charge on any atom is -0.351 e. The van der Waals surface area contributed by atoms with Gasteiger partial charge in [0.2, 0.25) is 0 Å². The third kappa shape index (κ3) is 1.87. The monoisotopic (exact) mass is 196 g/mol. The number of rotatable bonds is 0. The molecule has 1 rings (SSSR count). The predicted molar refractivity (Wildman–Crippen MR) is 39.9 cm³/mol. The van der Waals surface area contributed by atoms with Crippen LogP contribution in [-0.4, -0.2) is 29.7 Å². The van der Waals surface area contributed by atoms with Gasteiger partial charge in [-0.2, -0.15) is 13.2 Å². The van der Waals surface area contributed by atoms with Gasteiger partial charge in [-0.15, -0.1) is 0 Å². The molecule has 0 bridgehead atoms. The van der Waals surface area contributed by atoms with E-state index in [0.717, 1.165) is 4.90 Å². The third-order valence-electron chi connectivity index (χ3n) is 2.46. The average Bonchev–Trinajstić information content (AvgIpc) is 2.28. The predicted octanol–water partition coefficient (Wildman–Crippen LogP) is 1.34. The molecule has 2 amide bonds. The van der Waals surface area contributed by atoms with Crippen molar-refractivity contribution < 1.29 is 18.0 Å². The van der Waals surface area contributed by atoms with Crippen molar-refractivity contribution in [3.05, 3.63) is 0 Å². The highest BCUT2D eigenvalue weighted by Crippen LogP contribution is 2.37. The van der Waals surface area contributed by atoms with Gasteiger partial charge in [-0.3, -0.25) is 0 Å². The first-order valence-corrected chi connectivity index (χ1v) is 3.97. The summed E-state index contributed by atoms with van der Waals surface area (Å²) in [7, 11) is 0. The van der Waals surface area contributed by atoms with E-state index in [0.29, 0.717) is 0 Å². The summed E-state index contributed by atoms with van der Waals surface area (Å²) in [6, 6.07) is -1.61. The van der Waals surface area contributed by atoms with Crippen molar-refractivity contribution >= 4 is 6.03 Å². The highest BCUT2D eigenvalue weighted by molar-refractivity contribution is 5.72. The zero-order valence-electron chi connectivity index (χ0n) is 7.14. The van der Waals surface area contributed by atoms with E-state index in [4.69, 9.17) is 5.73 Å². The van der Waals surface area contributed by atoms with Crippen molar-refractivity contribution in [1.82, 2.24) is 4.90 Å². The number of hydrogen-bond donors (Lipinski definition) is 1. The Kier molecular flexibility index (Phi) is 2.40. The van der Waals surface area contributed by atoms with Crippen molar-refractivity contribution in [3.63, 3.8) is 0 Å². The van der Waals surface area contributed by atoms with Crippen LogP contribution >= 0.6 is 0 Å². The van der Waals surface area contributed by atoms with Crippen molar-refractivity contribution in [2.24, 2.45) is 11.7 Å². The Morgan fingerprint density at radius 2 is 2.08 bits per heavy atom. The summed E-state index contributed by atoms with van der Waals surface area (Å²) in [4.78, 5) is 11.7. The molecule has 76 valence electrons. The molecule has 0 aromatic heterocycles. The highest BCUT2D eigenvalue weighted by Gasteiger charge is 2.49. The van der Waals surface area contributed by atoms with Gasteiger partial charge in [0.05, 0.1) is 5.92 Å². The Hall–Kier alpha value is -0.940. The normalized spacial score (nSPS) is 29.4. The quantitative estimate of drug-likeness (QED) is 0.624. The molecule has 2 atom stereocenters. The molecule has 1 aliphatic rings. The number of nitrogens with two attached hydrogens (primary N) is 1. The van der Waals surface area contributed by atoms with Gasteiger partial charge in [0.25, 0.3) is 0 Å². The zero-order valence-corrected chi connectivity index (χ0v) is 7.14. The van der Waals surface area contributed by atoms with Crippen LogP contribution < -0.4 is 5.73 Å². The summed E-state index contributed by atoms with van der Waals surface area (Å²) < 4.78 is 36.8. The van der Waals surface area contributed by atoms with Gasteiger partial charge in [-0.1, -0.05) is 0 Å². The number of urea groups is 1. The van der Waals surface area contributed by atoms with Gasteiger partial charge < -0.3 is 10.6 Å². The van der Waals surface area contributed by atoms with Crippen LogP contribution in [0.5, 0.6) is 0 Å². The van der Waals surface area contributed by atoms with E-state index in [-0.39, 0.29) is 13.0 Å². The summed E-state index contributed by atoms with van der Waals surface area (Å²) >= 11 is 0. The molecule has 3 nitrogen and oxygen atoms in total. The number of likely N-dealkylation sites (tertiary alicyclic amines) is 1. The van der Waals surface area contributed by atoms with Crippen LogP contribution in [-0.2, 0) is 0 Å². The molecule has 0 aromatic rings. The van der Waals surface area contributed by atoms with E-state index in [1.807, 2.05) is 0 Å². The van der Waals surface area contributed by atoms with Gasteiger partial charge in [-0.25, -0.2) is 4.79 Å². The van der Waals surface area contributed by atoms with Crippen LogP contribution in [0.1, 0.15) is 13.3 Å². The lowest BCUT2D eigenvalue weighted by atomic mass is 10.0. The summed E-state index contributed by atoms with van der Waals surface area (Å²) in [6.45, 7) is 1.47. The molecule has 13 heavy (non-hydrogen) atoms. The first-order chi connectivity index (χ1) is 5.84. The van der Waals surface area contributed by atoms with Crippen LogP contribution in [0.4, 0.5) is 18.0 Å². The second-order valence-corrected chi connectivity index (χ2v) is 3.21. The van der Waals surface area contributed by atoms with E-state index in [1.165, 1.54) is 6.92 Å². The first-order valence-electron chi connectivity index (χ1n) is 3.97. The Labute approximate surface area is 73.7 Å². The SMILES string of the molecule is CC1C(C(F)(F)F)CCN1C(N)=O. The average molecular weight is 196 g/mol. The summed E-state index contributed by atoms with van der Waals surface area (Å²) in [5.41, 5.74) is 4.91. The molecule has 0 saturated carbocycles. The Morgan fingerprint density at radius 1 is 1.54 bits per heavy atom. The molecule has 0 radical (unpaired) electrons. The Balaban J connectivity index is 2.71. The molecular weight excluding hydrogens is 185 g/mol. The smallest absolute Gasteiger partial charge is 0.351 e. The van der Waals surface area contributed by atoms with Crippen LogP contribution in [0.3, 0.4) is 0 Å². The van der Waals surface area contributed by atoms with E-state index in [1.54, 1.807) is 0 Å². The van der Waals surface area contributed by atoms with Crippen LogP contribution in [0.15, 0.2) is 0 Å². The second-order valence-electron chi connectivity index (χ2n) is 3.21. The molecular formula is C7H11F3N2O. The molecule has 6 heteroatoms. The number of primary amides is 1. The first kappa shape index (κ1) is 10.1. The Morgan fingerprint density at radius 3 is 2.31 bits per heavy atom. The molecule has 1 saturated heterocycles. The third-order valence-corrected chi connectivity index (χ3v) is 2.46. The summed E-state index contributed by atoms with van der Waals surface area (Å²) in [5.74, 6) is -1.43. The fourth-order valence-corrected chi connectivity index (χ4v) is 1.69. The number of halogens is 3. The lowest BCUT2D eigenvalue weighted by molar-refractivity contribution is -0.177. The molecule has 1 fully saturated rings. The van der Waals surface area contributed by atoms with Crippen molar-refractivity contribution in [2.45, 2.75) is 25.6 Å². The van der Waals surface area contributed by atoms with Crippen LogP contribution in [0, 0.1) is 5.92 Å². The molecule has 1 aliphatic heterocycles. The maximum absolute atomic E-state index is 12.3. The fraction of sp³-hybridized carbons (Fsp3) is 0.857. The number of hydrogen-bond acceptors (Lipinski definition) is 1. The van der Waals surface area contributed by atoms with Gasteiger partial charge >= 0.3 is 12.2 Å². The molecule has 0 aliphatic carbocycles. The number of carbonyl (C=O) groups excluding carboxylic acids is 1. The lowest BCUT2D eigenvalue weighted by Crippen LogP contribution is -2.42. The lowest BCUT2D eigenvalue weighted by Gasteiger charge is -2.24. The molecule has 0 aromatic carbocycles. The van der Waals surface area contributed by atoms with Crippen molar-refractivity contribution in [3.8, 4) is 0 Å². The number of alkyl halides is 3. The van der Waals surface area contributed by atoms with E-state index >= 15 is 0 Å². The highest BCUT2D eigenvalue weighted by atomic mass is 19.4. The van der Waals surface area contributed by atoms with Gasteiger partial charge in [-0.05, 0) is 13.3 Å². The van der Waals surface area contributed by atoms with Gasteiger partial charge in [0.15, 0.2) is 0 Å². The standard InChI is InChI=1S/C7H11F3N2O/c1-4-5(7(8,9)10)2-3-12(4)6(11)13/h4-5H,2-3H2,1H3,(H2,11,13). The number of amides is 2. The minimum atomic E-state index is -4.23. The van der Waals surface area contributed by atoms with Crippen molar-refractivity contribution in [2.75, 3.05) is 6.54 Å². The van der Waals surface area contributed by atoms with E-state index in [9.17, 15) is 18.0 Å². The topological polar surface area (TPSA) is 46.3 Å². The maximum Gasteiger partial charge on any atom is 0.393 e. The van der Waals surface area contributed by atoms with Crippen LogP contribution in [0.2, 0.25) is 0 Å². The minimum absolute atomic E-state index is 0.0480. The zero-order chi connectivity index (χ0) is 10.2. The second kappa shape index (κ2) is 3.08. The van der Waals surface area contributed by atoms with Gasteiger partial charge in [0, 0.05) is 12.6 Å². The van der Waals surface area contributed by atoms with E-state index < -0.39 is 24.2 Å². The molecule has 1 heterocycles. The largest absolute Gasteiger partial charge is 0.393 e. The summed E-state index contributed by atoms with van der Waals surface area (Å²) in [6.07, 6.45) is -4.28. The van der Waals surface area contributed by atoms with E-state index in [2.05, 4.69) is 0 Å². The Bertz CT molecular complexity index is 216. The van der Waals surface area contributed by atoms with Crippen LogP contribution in [0.25, 0.3) is 0 Å². The molecule has 2 unspecified atom stereocenters. The molecule has 0 spiro atoms. The fourth-order valence-electron chi connectivity index (χ4n) is 1.69. The number of nitrogens with zero attached hydrogens (tertiary/aromatic N) is 1. The summed E-state index contributed by atoms with van der Waals surface area (Å²) in [5, 5.41) is 0.